The highest BCUT2D eigenvalue weighted by atomic mass is 35.5. The van der Waals surface area contributed by atoms with Gasteiger partial charge in [-0.2, -0.15) is 0 Å². The summed E-state index contributed by atoms with van der Waals surface area (Å²) in [5.74, 6) is 0. The number of nitrogens with zero attached hydrogens (tertiary/aromatic N) is 2. The molecule has 0 bridgehead atoms. The number of ether oxygens (including phenoxy) is 1. The van der Waals surface area contributed by atoms with Gasteiger partial charge in [-0.25, -0.2) is 4.98 Å². The van der Waals surface area contributed by atoms with Crippen LogP contribution in [-0.2, 0) is 4.74 Å². The standard InChI is InChI=1S/C14H14Cl2N2O/c1-2-7-19-9-14(18-6-5-17-10-18)12-4-3-11(15)8-13(12)16/h2-6,8,10,14H,1,7,9H2. The second kappa shape index (κ2) is 6.75. The van der Waals surface area contributed by atoms with Crippen LogP contribution in [0.3, 0.4) is 0 Å². The lowest BCUT2D eigenvalue weighted by Crippen LogP contribution is -2.16. The zero-order chi connectivity index (χ0) is 13.7. The largest absolute Gasteiger partial charge is 0.375 e. The molecular weight excluding hydrogens is 283 g/mol. The average Bonchev–Trinajstić information content (AvgIpc) is 2.89. The lowest BCUT2D eigenvalue weighted by atomic mass is 10.1. The predicted octanol–water partition coefficient (Wildman–Crippen LogP) is 3.98. The van der Waals surface area contributed by atoms with E-state index in [4.69, 9.17) is 27.9 Å². The van der Waals surface area contributed by atoms with Crippen LogP contribution in [0.2, 0.25) is 10.0 Å². The molecule has 3 nitrogen and oxygen atoms in total. The van der Waals surface area contributed by atoms with Crippen molar-refractivity contribution < 1.29 is 4.74 Å². The first-order valence-electron chi connectivity index (χ1n) is 5.83. The molecule has 5 heteroatoms. The van der Waals surface area contributed by atoms with Crippen LogP contribution in [0.1, 0.15) is 11.6 Å². The van der Waals surface area contributed by atoms with Crippen molar-refractivity contribution >= 4 is 23.2 Å². The Balaban J connectivity index is 2.28. The number of benzene rings is 1. The van der Waals surface area contributed by atoms with E-state index in [2.05, 4.69) is 11.6 Å². The van der Waals surface area contributed by atoms with Gasteiger partial charge < -0.3 is 9.30 Å². The third kappa shape index (κ3) is 3.60. The summed E-state index contributed by atoms with van der Waals surface area (Å²) in [6.07, 6.45) is 7.07. The van der Waals surface area contributed by atoms with Crippen LogP contribution in [0, 0.1) is 0 Å². The number of hydrogen-bond donors (Lipinski definition) is 0. The number of imidazole rings is 1. The summed E-state index contributed by atoms with van der Waals surface area (Å²) in [6.45, 7) is 4.62. The van der Waals surface area contributed by atoms with E-state index in [1.54, 1.807) is 24.7 Å². The zero-order valence-corrected chi connectivity index (χ0v) is 11.8. The van der Waals surface area contributed by atoms with Gasteiger partial charge in [0.15, 0.2) is 0 Å². The fraction of sp³-hybridized carbons (Fsp3) is 0.214. The molecule has 0 radical (unpaired) electrons. The van der Waals surface area contributed by atoms with Crippen molar-refractivity contribution in [1.82, 2.24) is 9.55 Å². The monoisotopic (exact) mass is 296 g/mol. The molecule has 0 saturated carbocycles. The first kappa shape index (κ1) is 14.1. The fourth-order valence-electron chi connectivity index (χ4n) is 1.82. The summed E-state index contributed by atoms with van der Waals surface area (Å²) in [7, 11) is 0. The van der Waals surface area contributed by atoms with E-state index in [1.807, 2.05) is 22.9 Å². The predicted molar refractivity (Wildman–Crippen MR) is 77.8 cm³/mol. The molecule has 1 heterocycles. The van der Waals surface area contributed by atoms with E-state index < -0.39 is 0 Å². The molecule has 100 valence electrons. The normalized spacial score (nSPS) is 12.3. The van der Waals surface area contributed by atoms with Crippen LogP contribution in [0.25, 0.3) is 0 Å². The van der Waals surface area contributed by atoms with Gasteiger partial charge in [-0.1, -0.05) is 35.3 Å². The summed E-state index contributed by atoms with van der Waals surface area (Å²) in [6, 6.07) is 5.43. The summed E-state index contributed by atoms with van der Waals surface area (Å²) in [5, 5.41) is 1.23. The van der Waals surface area contributed by atoms with Crippen molar-refractivity contribution in [3.05, 3.63) is 65.2 Å². The van der Waals surface area contributed by atoms with Crippen molar-refractivity contribution in [1.29, 1.82) is 0 Å². The van der Waals surface area contributed by atoms with Gasteiger partial charge in [-0.15, -0.1) is 6.58 Å². The molecule has 19 heavy (non-hydrogen) atoms. The van der Waals surface area contributed by atoms with Gasteiger partial charge in [-0.05, 0) is 17.7 Å². The smallest absolute Gasteiger partial charge is 0.0952 e. The molecule has 0 amide bonds. The van der Waals surface area contributed by atoms with E-state index in [9.17, 15) is 0 Å². The number of aromatic nitrogens is 2. The van der Waals surface area contributed by atoms with Crippen LogP contribution in [0.15, 0.2) is 49.6 Å². The highest BCUT2D eigenvalue weighted by Gasteiger charge is 2.16. The molecular formula is C14H14Cl2N2O. The Labute approximate surface area is 122 Å². The summed E-state index contributed by atoms with van der Waals surface area (Å²) in [4.78, 5) is 4.06. The number of rotatable bonds is 6. The second-order valence-electron chi connectivity index (χ2n) is 4.02. The lowest BCUT2D eigenvalue weighted by Gasteiger charge is -2.20. The SMILES string of the molecule is C=CCOCC(c1ccc(Cl)cc1Cl)n1ccnc1. The maximum atomic E-state index is 6.26. The maximum absolute atomic E-state index is 6.26. The van der Waals surface area contributed by atoms with Gasteiger partial charge in [0, 0.05) is 22.4 Å². The summed E-state index contributed by atoms with van der Waals surface area (Å²) < 4.78 is 7.51. The van der Waals surface area contributed by atoms with Crippen molar-refractivity contribution in [2.45, 2.75) is 6.04 Å². The number of halogens is 2. The Hall–Kier alpha value is -1.29. The second-order valence-corrected chi connectivity index (χ2v) is 4.86. The summed E-state index contributed by atoms with van der Waals surface area (Å²) in [5.41, 5.74) is 0.952. The molecule has 0 N–H and O–H groups in total. The van der Waals surface area contributed by atoms with Gasteiger partial charge >= 0.3 is 0 Å². The third-order valence-corrected chi connectivity index (χ3v) is 3.28. The molecule has 1 unspecified atom stereocenters. The molecule has 1 atom stereocenters. The first-order valence-corrected chi connectivity index (χ1v) is 6.59. The topological polar surface area (TPSA) is 27.1 Å². The van der Waals surface area contributed by atoms with Crippen LogP contribution in [0.5, 0.6) is 0 Å². The quantitative estimate of drug-likeness (QED) is 0.595. The van der Waals surface area contributed by atoms with Gasteiger partial charge in [0.1, 0.15) is 0 Å². The Morgan fingerprint density at radius 3 is 2.89 bits per heavy atom. The van der Waals surface area contributed by atoms with Crippen molar-refractivity contribution in [2.75, 3.05) is 13.2 Å². The lowest BCUT2D eigenvalue weighted by molar-refractivity contribution is 0.138. The van der Waals surface area contributed by atoms with Crippen LogP contribution in [0.4, 0.5) is 0 Å². The van der Waals surface area contributed by atoms with Crippen molar-refractivity contribution in [3.63, 3.8) is 0 Å². The minimum atomic E-state index is -0.0350. The Bertz CT molecular complexity index is 540. The molecule has 0 aliphatic heterocycles. The highest BCUT2D eigenvalue weighted by molar-refractivity contribution is 6.35. The van der Waals surface area contributed by atoms with Crippen molar-refractivity contribution in [2.24, 2.45) is 0 Å². The Kier molecular flexibility index (Phi) is 5.02. The van der Waals surface area contributed by atoms with E-state index in [1.165, 1.54) is 0 Å². The molecule has 0 fully saturated rings. The fourth-order valence-corrected chi connectivity index (χ4v) is 2.36. The van der Waals surface area contributed by atoms with Gasteiger partial charge in [0.25, 0.3) is 0 Å². The summed E-state index contributed by atoms with van der Waals surface area (Å²) >= 11 is 12.2. The Morgan fingerprint density at radius 2 is 2.26 bits per heavy atom. The van der Waals surface area contributed by atoms with Crippen LogP contribution < -0.4 is 0 Å². The molecule has 0 spiro atoms. The molecule has 1 aromatic carbocycles. The van der Waals surface area contributed by atoms with Crippen molar-refractivity contribution in [3.8, 4) is 0 Å². The maximum Gasteiger partial charge on any atom is 0.0952 e. The van der Waals surface area contributed by atoms with Crippen LogP contribution >= 0.6 is 23.2 Å². The molecule has 2 rings (SSSR count). The first-order chi connectivity index (χ1) is 9.22. The van der Waals surface area contributed by atoms with Crippen LogP contribution in [-0.4, -0.2) is 22.8 Å². The zero-order valence-electron chi connectivity index (χ0n) is 10.3. The molecule has 1 aromatic heterocycles. The van der Waals surface area contributed by atoms with Gasteiger partial charge in [0.2, 0.25) is 0 Å². The van der Waals surface area contributed by atoms with E-state index in [0.29, 0.717) is 23.3 Å². The molecule has 0 saturated heterocycles. The average molecular weight is 297 g/mol. The molecule has 0 aliphatic rings. The minimum Gasteiger partial charge on any atom is -0.375 e. The Morgan fingerprint density at radius 1 is 1.42 bits per heavy atom. The third-order valence-electron chi connectivity index (χ3n) is 2.72. The van der Waals surface area contributed by atoms with Gasteiger partial charge in [0.05, 0.1) is 25.6 Å². The highest BCUT2D eigenvalue weighted by Crippen LogP contribution is 2.28. The molecule has 2 aromatic rings. The van der Waals surface area contributed by atoms with E-state index in [0.717, 1.165) is 5.56 Å². The van der Waals surface area contributed by atoms with E-state index >= 15 is 0 Å². The number of hydrogen-bond acceptors (Lipinski definition) is 2. The van der Waals surface area contributed by atoms with Gasteiger partial charge in [-0.3, -0.25) is 0 Å². The minimum absolute atomic E-state index is 0.0350. The molecule has 0 aliphatic carbocycles. The van der Waals surface area contributed by atoms with E-state index in [-0.39, 0.29) is 6.04 Å².